The Kier molecular flexibility index (Phi) is 17.8. The second-order valence-corrected chi connectivity index (χ2v) is 10.7. The molecule has 0 aromatic heterocycles. The molecule has 18 nitrogen and oxygen atoms in total. The number of nitrogens with two attached hydrogens (primary N) is 3. The third-order valence-electron chi connectivity index (χ3n) is 6.29. The fourth-order valence-corrected chi connectivity index (χ4v) is 3.73. The molecular weight excluding hydrogens is 584 g/mol. The van der Waals surface area contributed by atoms with Gasteiger partial charge < -0.3 is 54.0 Å². The van der Waals surface area contributed by atoms with Crippen molar-refractivity contribution in [1.29, 1.82) is 0 Å². The Morgan fingerprint density at radius 3 is 1.68 bits per heavy atom. The van der Waals surface area contributed by atoms with Gasteiger partial charge in [-0.1, -0.05) is 13.8 Å². The molecule has 0 rings (SSSR count). The van der Waals surface area contributed by atoms with E-state index in [0.717, 1.165) is 0 Å². The van der Waals surface area contributed by atoms with Crippen molar-refractivity contribution in [3.05, 3.63) is 0 Å². The number of carbonyl (C=O) groups is 8. The molecule has 0 spiro atoms. The number of amides is 6. The van der Waals surface area contributed by atoms with Crippen LogP contribution in [0.2, 0.25) is 0 Å². The minimum atomic E-state index is -1.45. The van der Waals surface area contributed by atoms with Gasteiger partial charge in [-0.3, -0.25) is 33.6 Å². The number of aliphatic carboxylic acids is 2. The Labute approximate surface area is 255 Å². The number of primary amides is 1. The highest BCUT2D eigenvalue weighted by molar-refractivity contribution is 5.97. The smallest absolute Gasteiger partial charge is 0.326 e. The lowest BCUT2D eigenvalue weighted by atomic mass is 10.0. The second-order valence-electron chi connectivity index (χ2n) is 10.7. The van der Waals surface area contributed by atoms with Crippen molar-refractivity contribution in [1.82, 2.24) is 26.6 Å². The Morgan fingerprint density at radius 2 is 1.20 bits per heavy atom. The molecular formula is C26H46N8O10. The van der Waals surface area contributed by atoms with Crippen LogP contribution in [0.5, 0.6) is 0 Å². The molecule has 0 saturated carbocycles. The standard InChI is InChI=1S/C26H46N8O10/c1-12(2)20(34-24(41)17(11-18(29)35)33-21(38)13(3)28)25(42)30-14(4)22(39)31-15(8-9-19(36)37)23(40)32-16(26(43)44)7-5-6-10-27/h12-17,20H,5-11,27-28H2,1-4H3,(H2,29,35)(H,30,42)(H,31,39)(H,32,40)(H,33,38)(H,34,41)(H,36,37)(H,43,44)/t13-,14-,15-,16-,17-,20-/m0/s1. The average Bonchev–Trinajstić information content (AvgIpc) is 2.91. The van der Waals surface area contributed by atoms with Gasteiger partial charge in [0, 0.05) is 6.42 Å². The summed E-state index contributed by atoms with van der Waals surface area (Å²) in [6.07, 6.45) is -0.508. The van der Waals surface area contributed by atoms with Crippen molar-refractivity contribution in [2.45, 2.75) is 102 Å². The molecule has 0 aliphatic rings. The van der Waals surface area contributed by atoms with Crippen LogP contribution in [0.1, 0.15) is 66.2 Å². The molecule has 0 aromatic carbocycles. The van der Waals surface area contributed by atoms with Gasteiger partial charge in [0.2, 0.25) is 35.4 Å². The Balaban J connectivity index is 5.63. The van der Waals surface area contributed by atoms with E-state index in [0.29, 0.717) is 19.4 Å². The van der Waals surface area contributed by atoms with Crippen LogP contribution in [0.4, 0.5) is 0 Å². The molecule has 6 amide bonds. The minimum absolute atomic E-state index is 0.0574. The Bertz CT molecular complexity index is 1050. The third-order valence-corrected chi connectivity index (χ3v) is 6.29. The number of hydrogen-bond acceptors (Lipinski definition) is 10. The second kappa shape index (κ2) is 19.8. The van der Waals surface area contributed by atoms with Gasteiger partial charge in [0.25, 0.3) is 0 Å². The molecule has 0 saturated heterocycles. The maximum Gasteiger partial charge on any atom is 0.326 e. The first-order valence-electron chi connectivity index (χ1n) is 14.1. The highest BCUT2D eigenvalue weighted by atomic mass is 16.4. The van der Waals surface area contributed by atoms with Crippen molar-refractivity contribution in [3.63, 3.8) is 0 Å². The van der Waals surface area contributed by atoms with Crippen LogP contribution in [0.15, 0.2) is 0 Å². The number of rotatable bonds is 21. The lowest BCUT2D eigenvalue weighted by Gasteiger charge is -2.27. The number of carbonyl (C=O) groups excluding carboxylic acids is 6. The van der Waals surface area contributed by atoms with E-state index < -0.39 is 102 Å². The zero-order chi connectivity index (χ0) is 34.1. The molecule has 0 aromatic rings. The highest BCUT2D eigenvalue weighted by Crippen LogP contribution is 2.07. The van der Waals surface area contributed by atoms with Crippen LogP contribution in [0.3, 0.4) is 0 Å². The van der Waals surface area contributed by atoms with E-state index in [4.69, 9.17) is 22.3 Å². The van der Waals surface area contributed by atoms with Crippen LogP contribution in [-0.4, -0.2) is 100 Å². The zero-order valence-electron chi connectivity index (χ0n) is 25.4. The molecule has 0 heterocycles. The topological polar surface area (TPSA) is 315 Å². The minimum Gasteiger partial charge on any atom is -0.481 e. The number of carboxylic acid groups (broad SMARTS) is 2. The predicted molar refractivity (Wildman–Crippen MR) is 155 cm³/mol. The van der Waals surface area contributed by atoms with Gasteiger partial charge in [0.15, 0.2) is 0 Å². The molecule has 0 unspecified atom stereocenters. The van der Waals surface area contributed by atoms with Gasteiger partial charge in [-0.2, -0.15) is 0 Å². The summed E-state index contributed by atoms with van der Waals surface area (Å²) in [6, 6.07) is -7.75. The monoisotopic (exact) mass is 630 g/mol. The van der Waals surface area contributed by atoms with Gasteiger partial charge >= 0.3 is 11.9 Å². The van der Waals surface area contributed by atoms with E-state index >= 15 is 0 Å². The van der Waals surface area contributed by atoms with Crippen molar-refractivity contribution >= 4 is 47.4 Å². The average molecular weight is 631 g/mol. The molecule has 0 radical (unpaired) electrons. The maximum atomic E-state index is 13.1. The highest BCUT2D eigenvalue weighted by Gasteiger charge is 2.33. The van der Waals surface area contributed by atoms with Crippen LogP contribution in [-0.2, 0) is 38.4 Å². The van der Waals surface area contributed by atoms with Gasteiger partial charge in [-0.25, -0.2) is 4.79 Å². The third kappa shape index (κ3) is 15.2. The van der Waals surface area contributed by atoms with E-state index in [1.807, 2.05) is 0 Å². The summed E-state index contributed by atoms with van der Waals surface area (Å²) >= 11 is 0. The molecule has 250 valence electrons. The quantitative estimate of drug-likeness (QED) is 0.0550. The molecule has 13 N–H and O–H groups in total. The number of hydrogen-bond donors (Lipinski definition) is 10. The predicted octanol–water partition coefficient (Wildman–Crippen LogP) is -3.61. The maximum absolute atomic E-state index is 13.1. The van der Waals surface area contributed by atoms with Crippen molar-refractivity contribution in [3.8, 4) is 0 Å². The molecule has 0 bridgehead atoms. The van der Waals surface area contributed by atoms with E-state index in [9.17, 15) is 43.5 Å². The van der Waals surface area contributed by atoms with E-state index in [2.05, 4.69) is 26.6 Å². The summed E-state index contributed by atoms with van der Waals surface area (Å²) in [7, 11) is 0. The first-order chi connectivity index (χ1) is 20.4. The van der Waals surface area contributed by atoms with Crippen LogP contribution < -0.4 is 43.8 Å². The normalized spacial score (nSPS) is 15.0. The Morgan fingerprint density at radius 1 is 0.659 bits per heavy atom. The van der Waals surface area contributed by atoms with E-state index in [1.54, 1.807) is 13.8 Å². The number of unbranched alkanes of at least 4 members (excludes halogenated alkanes) is 1. The molecule has 6 atom stereocenters. The van der Waals surface area contributed by atoms with E-state index in [1.165, 1.54) is 13.8 Å². The molecule has 44 heavy (non-hydrogen) atoms. The lowest BCUT2D eigenvalue weighted by Crippen LogP contribution is -2.60. The van der Waals surface area contributed by atoms with Crippen LogP contribution in [0, 0.1) is 5.92 Å². The van der Waals surface area contributed by atoms with Crippen LogP contribution >= 0.6 is 0 Å². The summed E-state index contributed by atoms with van der Waals surface area (Å²) in [4.78, 5) is 97.9. The summed E-state index contributed by atoms with van der Waals surface area (Å²) in [5.74, 6) is -8.35. The number of nitrogens with one attached hydrogen (secondary N) is 5. The summed E-state index contributed by atoms with van der Waals surface area (Å²) in [5, 5.41) is 30.2. The van der Waals surface area contributed by atoms with Gasteiger partial charge in [0.1, 0.15) is 30.2 Å². The first kappa shape index (κ1) is 39.7. The van der Waals surface area contributed by atoms with Gasteiger partial charge in [-0.05, 0) is 52.0 Å². The van der Waals surface area contributed by atoms with Crippen molar-refractivity contribution in [2.75, 3.05) is 6.54 Å². The summed E-state index contributed by atoms with van der Waals surface area (Å²) in [5.41, 5.74) is 16.1. The fourth-order valence-electron chi connectivity index (χ4n) is 3.73. The van der Waals surface area contributed by atoms with Gasteiger partial charge in [0.05, 0.1) is 12.5 Å². The molecule has 0 aliphatic carbocycles. The summed E-state index contributed by atoms with van der Waals surface area (Å²) < 4.78 is 0. The summed E-state index contributed by atoms with van der Waals surface area (Å²) in [6.45, 7) is 6.11. The SMILES string of the molecule is CC(C)[C@H](NC(=O)[C@H](CC(N)=O)NC(=O)[C@H](C)N)C(=O)N[C@@H](C)C(=O)N[C@@H](CCC(=O)O)C(=O)N[C@@H](CCCCN)C(=O)O. The largest absolute Gasteiger partial charge is 0.481 e. The van der Waals surface area contributed by atoms with Crippen LogP contribution in [0.25, 0.3) is 0 Å². The van der Waals surface area contributed by atoms with Crippen molar-refractivity contribution < 1.29 is 48.6 Å². The van der Waals surface area contributed by atoms with Gasteiger partial charge in [-0.15, -0.1) is 0 Å². The zero-order valence-corrected chi connectivity index (χ0v) is 25.4. The Hall–Kier alpha value is -4.32. The molecule has 0 fully saturated rings. The number of carboxylic acids is 2. The first-order valence-corrected chi connectivity index (χ1v) is 14.1. The van der Waals surface area contributed by atoms with Crippen molar-refractivity contribution in [2.24, 2.45) is 23.1 Å². The fraction of sp³-hybridized carbons (Fsp3) is 0.692. The van der Waals surface area contributed by atoms with E-state index in [-0.39, 0.29) is 12.8 Å². The lowest BCUT2D eigenvalue weighted by molar-refractivity contribution is -0.143. The molecule has 18 heteroatoms. The molecule has 0 aliphatic heterocycles.